The molecule has 0 bridgehead atoms. The second-order valence-corrected chi connectivity index (χ2v) is 8.07. The van der Waals surface area contributed by atoms with Crippen molar-refractivity contribution in [1.82, 2.24) is 5.32 Å². The predicted molar refractivity (Wildman–Crippen MR) is 120 cm³/mol. The summed E-state index contributed by atoms with van der Waals surface area (Å²) >= 11 is 0. The zero-order valence-corrected chi connectivity index (χ0v) is 18.9. The largest absolute Gasteiger partial charge is 0.573 e. The first-order chi connectivity index (χ1) is 16.5. The molecule has 0 aromatic heterocycles. The molecular formula is C26H25F6NO2. The summed E-state index contributed by atoms with van der Waals surface area (Å²) in [6.45, 7) is 2.82. The molecule has 0 saturated carbocycles. The zero-order chi connectivity index (χ0) is 25.5. The van der Waals surface area contributed by atoms with E-state index in [4.69, 9.17) is 0 Å². The first-order valence-corrected chi connectivity index (χ1v) is 11.0. The molecule has 3 nitrogen and oxygen atoms in total. The lowest BCUT2D eigenvalue weighted by molar-refractivity contribution is -0.275. The minimum Gasteiger partial charge on any atom is -0.406 e. The number of hydrogen-bond acceptors (Lipinski definition) is 3. The van der Waals surface area contributed by atoms with Gasteiger partial charge in [-0.05, 0) is 60.3 Å². The monoisotopic (exact) mass is 497 g/mol. The highest BCUT2D eigenvalue weighted by molar-refractivity contribution is 5.47. The Morgan fingerprint density at radius 2 is 1.20 bits per heavy atom. The Morgan fingerprint density at radius 3 is 1.66 bits per heavy atom. The SMILES string of the molecule is CCCNCC(Cc1ccccc1)(c1cccc(OC(F)(F)F)c1)c1cccc(OC(F)(F)F)c1. The average Bonchev–Trinajstić information content (AvgIpc) is 2.77. The van der Waals surface area contributed by atoms with E-state index in [9.17, 15) is 26.3 Å². The summed E-state index contributed by atoms with van der Waals surface area (Å²) in [7, 11) is 0. The van der Waals surface area contributed by atoms with Crippen molar-refractivity contribution in [3.8, 4) is 11.5 Å². The number of hydrogen-bond donors (Lipinski definition) is 1. The van der Waals surface area contributed by atoms with E-state index in [1.54, 1.807) is 12.1 Å². The van der Waals surface area contributed by atoms with Crippen LogP contribution in [0.25, 0.3) is 0 Å². The Morgan fingerprint density at radius 1 is 0.686 bits per heavy atom. The lowest BCUT2D eigenvalue weighted by Crippen LogP contribution is -2.41. The maximum atomic E-state index is 12.9. The van der Waals surface area contributed by atoms with Gasteiger partial charge in [0.15, 0.2) is 0 Å². The fourth-order valence-corrected chi connectivity index (χ4v) is 4.04. The molecule has 0 amide bonds. The van der Waals surface area contributed by atoms with Crippen LogP contribution < -0.4 is 14.8 Å². The standard InChI is InChI=1S/C26H25F6NO2/c1-2-14-33-18-24(17-19-8-4-3-5-9-19,20-10-6-12-22(15-20)34-25(27,28)29)21-11-7-13-23(16-21)35-26(30,31)32/h3-13,15-16,33H,2,14,17-18H2,1H3. The van der Waals surface area contributed by atoms with Gasteiger partial charge in [0.05, 0.1) is 0 Å². The summed E-state index contributed by atoms with van der Waals surface area (Å²) in [5, 5.41) is 3.30. The van der Waals surface area contributed by atoms with Gasteiger partial charge in [-0.15, -0.1) is 26.3 Å². The van der Waals surface area contributed by atoms with E-state index in [0.717, 1.165) is 12.0 Å². The lowest BCUT2D eigenvalue weighted by atomic mass is 9.70. The van der Waals surface area contributed by atoms with Crippen molar-refractivity contribution in [1.29, 1.82) is 0 Å². The molecule has 1 N–H and O–H groups in total. The van der Waals surface area contributed by atoms with Crippen LogP contribution in [0.4, 0.5) is 26.3 Å². The fraction of sp³-hybridized carbons (Fsp3) is 0.308. The molecule has 0 aliphatic carbocycles. The molecule has 3 rings (SSSR count). The molecule has 0 unspecified atom stereocenters. The van der Waals surface area contributed by atoms with Crippen LogP contribution in [0.3, 0.4) is 0 Å². The quantitative estimate of drug-likeness (QED) is 0.241. The highest BCUT2D eigenvalue weighted by Crippen LogP contribution is 2.39. The smallest absolute Gasteiger partial charge is 0.406 e. The molecule has 0 saturated heterocycles. The fourth-order valence-electron chi connectivity index (χ4n) is 4.04. The number of halogens is 6. The van der Waals surface area contributed by atoms with Crippen LogP contribution in [0, 0.1) is 0 Å². The molecular weight excluding hydrogens is 472 g/mol. The zero-order valence-electron chi connectivity index (χ0n) is 18.9. The second kappa shape index (κ2) is 11.0. The number of alkyl halides is 6. The minimum absolute atomic E-state index is 0.251. The van der Waals surface area contributed by atoms with Crippen LogP contribution in [0.15, 0.2) is 78.9 Å². The molecule has 0 aliphatic rings. The van der Waals surface area contributed by atoms with E-state index in [2.05, 4.69) is 14.8 Å². The minimum atomic E-state index is -4.89. The van der Waals surface area contributed by atoms with Gasteiger partial charge >= 0.3 is 12.7 Å². The highest BCUT2D eigenvalue weighted by Gasteiger charge is 2.37. The average molecular weight is 497 g/mol. The Kier molecular flexibility index (Phi) is 8.32. The molecule has 0 radical (unpaired) electrons. The van der Waals surface area contributed by atoms with E-state index in [-0.39, 0.29) is 6.54 Å². The number of rotatable bonds is 10. The maximum Gasteiger partial charge on any atom is 0.573 e. The van der Waals surface area contributed by atoms with E-state index >= 15 is 0 Å². The van der Waals surface area contributed by atoms with E-state index < -0.39 is 29.6 Å². The van der Waals surface area contributed by atoms with Gasteiger partial charge in [-0.25, -0.2) is 0 Å². The Labute approximate surface area is 199 Å². The van der Waals surface area contributed by atoms with Gasteiger partial charge in [0.25, 0.3) is 0 Å². The van der Waals surface area contributed by atoms with E-state index in [1.807, 2.05) is 37.3 Å². The molecule has 0 heterocycles. The summed E-state index contributed by atoms with van der Waals surface area (Å²) in [6, 6.07) is 20.3. The van der Waals surface area contributed by atoms with Crippen molar-refractivity contribution < 1.29 is 35.8 Å². The van der Waals surface area contributed by atoms with Gasteiger partial charge in [-0.1, -0.05) is 61.5 Å². The van der Waals surface area contributed by atoms with Gasteiger partial charge < -0.3 is 14.8 Å². The molecule has 9 heteroatoms. The first-order valence-electron chi connectivity index (χ1n) is 11.0. The van der Waals surface area contributed by atoms with Crippen LogP contribution in [-0.2, 0) is 11.8 Å². The Balaban J connectivity index is 2.19. The van der Waals surface area contributed by atoms with Crippen molar-refractivity contribution >= 4 is 0 Å². The third-order valence-electron chi connectivity index (χ3n) is 5.44. The second-order valence-electron chi connectivity index (χ2n) is 8.07. The molecule has 0 fully saturated rings. The summed E-state index contributed by atoms with van der Waals surface area (Å²) in [6.07, 6.45) is -8.69. The van der Waals surface area contributed by atoms with Gasteiger partial charge in [0.1, 0.15) is 11.5 Å². The molecule has 188 valence electrons. The van der Waals surface area contributed by atoms with Crippen molar-refractivity contribution in [2.75, 3.05) is 13.1 Å². The van der Waals surface area contributed by atoms with Crippen LogP contribution in [0.2, 0.25) is 0 Å². The third-order valence-corrected chi connectivity index (χ3v) is 5.44. The van der Waals surface area contributed by atoms with Crippen molar-refractivity contribution in [3.05, 3.63) is 95.6 Å². The summed E-state index contributed by atoms with van der Waals surface area (Å²) in [5.74, 6) is -0.823. The van der Waals surface area contributed by atoms with Crippen molar-refractivity contribution in [3.63, 3.8) is 0 Å². The maximum absolute atomic E-state index is 12.9. The predicted octanol–water partition coefficient (Wildman–Crippen LogP) is 7.01. The highest BCUT2D eigenvalue weighted by atomic mass is 19.4. The normalized spacial score (nSPS) is 12.4. The summed E-state index contributed by atoms with van der Waals surface area (Å²) in [5.41, 5.74) is 0.730. The lowest BCUT2D eigenvalue weighted by Gasteiger charge is -2.36. The number of nitrogens with one attached hydrogen (secondary N) is 1. The van der Waals surface area contributed by atoms with E-state index in [1.165, 1.54) is 36.4 Å². The summed E-state index contributed by atoms with van der Waals surface area (Å²) in [4.78, 5) is 0. The van der Waals surface area contributed by atoms with E-state index in [0.29, 0.717) is 24.1 Å². The topological polar surface area (TPSA) is 30.5 Å². The first kappa shape index (κ1) is 26.4. The number of benzene rings is 3. The molecule has 0 atom stereocenters. The molecule has 3 aromatic carbocycles. The van der Waals surface area contributed by atoms with Crippen LogP contribution >= 0.6 is 0 Å². The Hall–Kier alpha value is -3.20. The van der Waals surface area contributed by atoms with Crippen LogP contribution in [0.1, 0.15) is 30.0 Å². The van der Waals surface area contributed by atoms with Gasteiger partial charge in [-0.2, -0.15) is 0 Å². The number of ether oxygens (including phenoxy) is 2. The van der Waals surface area contributed by atoms with Gasteiger partial charge in [-0.3, -0.25) is 0 Å². The van der Waals surface area contributed by atoms with Gasteiger partial charge in [0, 0.05) is 12.0 Å². The van der Waals surface area contributed by atoms with Crippen molar-refractivity contribution in [2.24, 2.45) is 0 Å². The molecule has 35 heavy (non-hydrogen) atoms. The summed E-state index contributed by atoms with van der Waals surface area (Å²) < 4.78 is 85.9. The van der Waals surface area contributed by atoms with Crippen LogP contribution in [0.5, 0.6) is 11.5 Å². The Bertz CT molecular complexity index is 1020. The van der Waals surface area contributed by atoms with Gasteiger partial charge in [0.2, 0.25) is 0 Å². The molecule has 0 aliphatic heterocycles. The van der Waals surface area contributed by atoms with Crippen LogP contribution in [-0.4, -0.2) is 25.8 Å². The molecule has 3 aromatic rings. The van der Waals surface area contributed by atoms with Crippen molar-refractivity contribution in [2.45, 2.75) is 37.9 Å². The third kappa shape index (κ3) is 7.65. The molecule has 0 spiro atoms.